The van der Waals surface area contributed by atoms with E-state index in [2.05, 4.69) is 15.8 Å². The number of carboxylic acids is 1. The van der Waals surface area contributed by atoms with Crippen molar-refractivity contribution in [2.24, 2.45) is 5.10 Å². The minimum absolute atomic E-state index is 0.173. The number of hydrazone groups is 1. The number of aromatic carboxylic acids is 1. The number of hydrogen-bond donors (Lipinski definition) is 3. The molecule has 7 heteroatoms. The molecule has 0 unspecified atom stereocenters. The predicted octanol–water partition coefficient (Wildman–Crippen LogP) is 4.50. The van der Waals surface area contributed by atoms with Crippen LogP contribution in [0.4, 0.5) is 5.69 Å². The maximum Gasteiger partial charge on any atom is 0.335 e. The number of thiocarbonyl (C=S) groups is 1. The van der Waals surface area contributed by atoms with Crippen LogP contribution in [0.1, 0.15) is 15.9 Å². The summed E-state index contributed by atoms with van der Waals surface area (Å²) in [6, 6.07) is 23.3. The maximum atomic E-state index is 11.0. The Kier molecular flexibility index (Phi) is 6.33. The third-order valence-electron chi connectivity index (χ3n) is 3.58. The summed E-state index contributed by atoms with van der Waals surface area (Å²) < 4.78 is 5.79. The molecule has 3 aromatic rings. The van der Waals surface area contributed by atoms with Crippen LogP contribution in [-0.4, -0.2) is 22.4 Å². The monoisotopic (exact) mass is 391 g/mol. The molecule has 140 valence electrons. The highest BCUT2D eigenvalue weighted by Gasteiger charge is 2.04. The second kappa shape index (κ2) is 9.29. The topological polar surface area (TPSA) is 83.0 Å². The van der Waals surface area contributed by atoms with Gasteiger partial charge in [-0.3, -0.25) is 5.43 Å². The van der Waals surface area contributed by atoms with Gasteiger partial charge in [-0.2, -0.15) is 5.10 Å². The van der Waals surface area contributed by atoms with Crippen molar-refractivity contribution in [1.82, 2.24) is 5.43 Å². The lowest BCUT2D eigenvalue weighted by Crippen LogP contribution is -2.24. The number of para-hydroxylation sites is 1. The Bertz CT molecular complexity index is 1010. The van der Waals surface area contributed by atoms with E-state index in [1.54, 1.807) is 18.3 Å². The zero-order chi connectivity index (χ0) is 19.8. The quantitative estimate of drug-likeness (QED) is 0.326. The van der Waals surface area contributed by atoms with Gasteiger partial charge in [-0.1, -0.05) is 36.4 Å². The van der Waals surface area contributed by atoms with Crippen molar-refractivity contribution in [2.75, 3.05) is 5.32 Å². The molecule has 0 bridgehead atoms. The lowest BCUT2D eigenvalue weighted by Gasteiger charge is -2.08. The lowest BCUT2D eigenvalue weighted by molar-refractivity contribution is 0.0697. The van der Waals surface area contributed by atoms with Crippen LogP contribution in [0, 0.1) is 0 Å². The normalized spacial score (nSPS) is 10.4. The number of hydrogen-bond acceptors (Lipinski definition) is 4. The summed E-state index contributed by atoms with van der Waals surface area (Å²) in [6.45, 7) is 0. The van der Waals surface area contributed by atoms with Gasteiger partial charge in [0.05, 0.1) is 11.8 Å². The van der Waals surface area contributed by atoms with E-state index in [-0.39, 0.29) is 10.7 Å². The number of anilines is 1. The molecular formula is C21H17N3O3S. The summed E-state index contributed by atoms with van der Waals surface area (Å²) in [5, 5.41) is 16.2. The number of ether oxygens (including phenoxy) is 1. The average Bonchev–Trinajstić information content (AvgIpc) is 2.69. The van der Waals surface area contributed by atoms with Crippen LogP contribution in [0.5, 0.6) is 11.5 Å². The molecular weight excluding hydrogens is 374 g/mol. The minimum atomic E-state index is -1.00. The fourth-order valence-electron chi connectivity index (χ4n) is 2.34. The van der Waals surface area contributed by atoms with Gasteiger partial charge in [-0.25, -0.2) is 4.79 Å². The fraction of sp³-hybridized carbons (Fsp3) is 0. The first kappa shape index (κ1) is 19.1. The Labute approximate surface area is 167 Å². The van der Waals surface area contributed by atoms with Gasteiger partial charge in [-0.15, -0.1) is 0 Å². The van der Waals surface area contributed by atoms with Crippen LogP contribution in [-0.2, 0) is 0 Å². The number of nitrogens with one attached hydrogen (secondary N) is 2. The fourth-order valence-corrected chi connectivity index (χ4v) is 2.51. The van der Waals surface area contributed by atoms with Gasteiger partial charge < -0.3 is 15.2 Å². The first-order chi connectivity index (χ1) is 13.6. The number of carbonyl (C=O) groups is 1. The smallest absolute Gasteiger partial charge is 0.335 e. The number of rotatable bonds is 6. The molecule has 3 N–H and O–H groups in total. The molecule has 0 aliphatic heterocycles. The minimum Gasteiger partial charge on any atom is -0.478 e. The second-order valence-corrected chi connectivity index (χ2v) is 6.11. The predicted molar refractivity (Wildman–Crippen MR) is 113 cm³/mol. The first-order valence-corrected chi connectivity index (χ1v) is 8.77. The van der Waals surface area contributed by atoms with Crippen molar-refractivity contribution in [2.45, 2.75) is 0 Å². The van der Waals surface area contributed by atoms with Gasteiger partial charge in [0.2, 0.25) is 0 Å². The molecule has 0 saturated heterocycles. The van der Waals surface area contributed by atoms with E-state index in [1.807, 2.05) is 54.6 Å². The Morgan fingerprint density at radius 1 is 0.964 bits per heavy atom. The first-order valence-electron chi connectivity index (χ1n) is 8.36. The molecule has 0 spiro atoms. The maximum absolute atomic E-state index is 11.0. The van der Waals surface area contributed by atoms with Crippen LogP contribution in [0.3, 0.4) is 0 Å². The van der Waals surface area contributed by atoms with Crippen molar-refractivity contribution in [1.29, 1.82) is 0 Å². The molecule has 6 nitrogen and oxygen atoms in total. The van der Waals surface area contributed by atoms with Gasteiger partial charge in [0, 0.05) is 5.69 Å². The molecule has 0 amide bonds. The van der Waals surface area contributed by atoms with Crippen LogP contribution in [0.25, 0.3) is 0 Å². The zero-order valence-corrected chi connectivity index (χ0v) is 15.5. The summed E-state index contributed by atoms with van der Waals surface area (Å²) >= 11 is 5.16. The molecule has 0 radical (unpaired) electrons. The van der Waals surface area contributed by atoms with Crippen LogP contribution in [0.15, 0.2) is 84.0 Å². The van der Waals surface area contributed by atoms with Crippen LogP contribution >= 0.6 is 12.2 Å². The summed E-state index contributed by atoms with van der Waals surface area (Å²) in [7, 11) is 0. The number of nitrogens with zero attached hydrogens (tertiary/aromatic N) is 1. The highest BCUT2D eigenvalue weighted by Crippen LogP contribution is 2.21. The lowest BCUT2D eigenvalue weighted by atomic mass is 10.2. The summed E-state index contributed by atoms with van der Waals surface area (Å²) in [4.78, 5) is 11.0. The van der Waals surface area contributed by atoms with E-state index < -0.39 is 5.97 Å². The van der Waals surface area contributed by atoms with Gasteiger partial charge in [0.1, 0.15) is 11.5 Å². The van der Waals surface area contributed by atoms with Crippen LogP contribution < -0.4 is 15.5 Å². The summed E-state index contributed by atoms with van der Waals surface area (Å²) in [6.07, 6.45) is 1.61. The van der Waals surface area contributed by atoms with E-state index in [0.717, 1.165) is 11.3 Å². The van der Waals surface area contributed by atoms with Crippen molar-refractivity contribution in [3.63, 3.8) is 0 Å². The van der Waals surface area contributed by atoms with Crippen LogP contribution in [0.2, 0.25) is 0 Å². The largest absolute Gasteiger partial charge is 0.478 e. The van der Waals surface area contributed by atoms with Crippen molar-refractivity contribution in [3.05, 3.63) is 90.0 Å². The zero-order valence-electron chi connectivity index (χ0n) is 14.7. The highest BCUT2D eigenvalue weighted by molar-refractivity contribution is 7.80. The van der Waals surface area contributed by atoms with E-state index in [4.69, 9.17) is 22.1 Å². The average molecular weight is 391 g/mol. The molecule has 0 aromatic heterocycles. The Morgan fingerprint density at radius 3 is 2.50 bits per heavy atom. The molecule has 28 heavy (non-hydrogen) atoms. The van der Waals surface area contributed by atoms with Crippen molar-refractivity contribution < 1.29 is 14.6 Å². The molecule has 3 rings (SSSR count). The van der Waals surface area contributed by atoms with E-state index in [9.17, 15) is 4.79 Å². The van der Waals surface area contributed by atoms with Gasteiger partial charge in [0.15, 0.2) is 5.11 Å². The van der Waals surface area contributed by atoms with Gasteiger partial charge in [-0.05, 0) is 60.2 Å². The highest BCUT2D eigenvalue weighted by atomic mass is 32.1. The second-order valence-electron chi connectivity index (χ2n) is 5.70. The SMILES string of the molecule is O=C(O)c1cccc(NC(=S)NN=Cc2cccc(Oc3ccccc3)c2)c1. The third-order valence-corrected chi connectivity index (χ3v) is 3.78. The van der Waals surface area contributed by atoms with E-state index in [0.29, 0.717) is 11.4 Å². The molecule has 0 saturated carbocycles. The molecule has 0 atom stereocenters. The summed E-state index contributed by atoms with van der Waals surface area (Å²) in [5.41, 5.74) is 4.26. The standard InChI is InChI=1S/C21H17N3O3S/c25-20(26)16-7-5-8-17(13-16)23-21(28)24-22-14-15-6-4-11-19(12-15)27-18-9-2-1-3-10-18/h1-14H,(H,25,26)(H2,23,24,28). The Hall–Kier alpha value is -3.71. The van der Waals surface area contributed by atoms with Gasteiger partial charge in [0.25, 0.3) is 0 Å². The van der Waals surface area contributed by atoms with Crippen molar-refractivity contribution in [3.8, 4) is 11.5 Å². The molecule has 0 fully saturated rings. The Balaban J connectivity index is 1.57. The van der Waals surface area contributed by atoms with E-state index in [1.165, 1.54) is 12.1 Å². The molecule has 0 aliphatic rings. The van der Waals surface area contributed by atoms with E-state index >= 15 is 0 Å². The number of benzene rings is 3. The third kappa shape index (κ3) is 5.65. The number of carboxylic acid groups (broad SMARTS) is 1. The molecule has 0 aliphatic carbocycles. The molecule has 3 aromatic carbocycles. The van der Waals surface area contributed by atoms with Gasteiger partial charge >= 0.3 is 5.97 Å². The Morgan fingerprint density at radius 2 is 1.71 bits per heavy atom. The summed E-state index contributed by atoms with van der Waals surface area (Å²) in [5.74, 6) is 0.447. The molecule has 0 heterocycles. The van der Waals surface area contributed by atoms with Crippen molar-refractivity contribution >= 4 is 35.2 Å².